The molecule has 1 aromatic heterocycles. The highest BCUT2D eigenvalue weighted by Crippen LogP contribution is 2.21. The Bertz CT molecular complexity index is 272. The van der Waals surface area contributed by atoms with Gasteiger partial charge in [-0.3, -0.25) is 0 Å². The predicted molar refractivity (Wildman–Crippen MR) is 60.6 cm³/mol. The monoisotopic (exact) mass is 213 g/mol. The number of nitrogens with two attached hydrogens (primary N) is 1. The minimum Gasteiger partial charge on any atom is -0.327 e. The SMILES string of the molecule is CCCc1nsc(C(C)C(N)CC)n1. The first-order chi connectivity index (χ1) is 6.69. The molecular weight excluding hydrogens is 194 g/mol. The molecule has 4 heteroatoms. The van der Waals surface area contributed by atoms with E-state index in [2.05, 4.69) is 30.1 Å². The van der Waals surface area contributed by atoms with E-state index >= 15 is 0 Å². The lowest BCUT2D eigenvalue weighted by atomic mass is 10.0. The average Bonchev–Trinajstić information content (AvgIpc) is 2.64. The van der Waals surface area contributed by atoms with Gasteiger partial charge >= 0.3 is 0 Å². The first-order valence-electron chi connectivity index (χ1n) is 5.27. The number of nitrogens with zero attached hydrogens (tertiary/aromatic N) is 2. The topological polar surface area (TPSA) is 51.8 Å². The van der Waals surface area contributed by atoms with Gasteiger partial charge in [0.15, 0.2) is 0 Å². The maximum absolute atomic E-state index is 5.97. The molecule has 1 aromatic rings. The molecule has 1 heterocycles. The van der Waals surface area contributed by atoms with E-state index in [9.17, 15) is 0 Å². The van der Waals surface area contributed by atoms with Gasteiger partial charge in [-0.1, -0.05) is 20.8 Å². The lowest BCUT2D eigenvalue weighted by molar-refractivity contribution is 0.548. The lowest BCUT2D eigenvalue weighted by Gasteiger charge is -2.14. The molecule has 0 aromatic carbocycles. The van der Waals surface area contributed by atoms with Crippen LogP contribution in [0.1, 0.15) is 50.4 Å². The molecule has 1 rings (SSSR count). The Morgan fingerprint density at radius 2 is 2.14 bits per heavy atom. The summed E-state index contributed by atoms with van der Waals surface area (Å²) in [6, 6.07) is 0.206. The molecule has 0 aliphatic rings. The largest absolute Gasteiger partial charge is 0.327 e. The number of hydrogen-bond donors (Lipinski definition) is 1. The molecule has 0 spiro atoms. The molecule has 2 atom stereocenters. The van der Waals surface area contributed by atoms with Gasteiger partial charge in [0.25, 0.3) is 0 Å². The van der Waals surface area contributed by atoms with Crippen LogP contribution in [-0.2, 0) is 6.42 Å². The van der Waals surface area contributed by atoms with Gasteiger partial charge in [-0.15, -0.1) is 0 Å². The molecule has 2 N–H and O–H groups in total. The van der Waals surface area contributed by atoms with Crippen molar-refractivity contribution in [3.05, 3.63) is 10.8 Å². The van der Waals surface area contributed by atoms with Crippen LogP contribution >= 0.6 is 11.5 Å². The zero-order valence-electron chi connectivity index (χ0n) is 9.16. The number of hydrogen-bond acceptors (Lipinski definition) is 4. The third-order valence-electron chi connectivity index (χ3n) is 2.46. The highest BCUT2D eigenvalue weighted by Gasteiger charge is 2.17. The maximum atomic E-state index is 5.97. The standard InChI is InChI=1S/C10H19N3S/c1-4-6-9-12-10(14-13-9)7(3)8(11)5-2/h7-8H,4-6,11H2,1-3H3. The van der Waals surface area contributed by atoms with Crippen LogP contribution in [0.15, 0.2) is 0 Å². The van der Waals surface area contributed by atoms with E-state index in [1.54, 1.807) is 0 Å². The molecule has 80 valence electrons. The van der Waals surface area contributed by atoms with E-state index in [-0.39, 0.29) is 6.04 Å². The summed E-state index contributed by atoms with van der Waals surface area (Å²) in [5, 5.41) is 1.09. The van der Waals surface area contributed by atoms with Crippen molar-refractivity contribution in [3.8, 4) is 0 Å². The van der Waals surface area contributed by atoms with Crippen molar-refractivity contribution in [2.45, 2.75) is 52.0 Å². The van der Waals surface area contributed by atoms with Crippen LogP contribution in [0.2, 0.25) is 0 Å². The number of aryl methyl sites for hydroxylation is 1. The van der Waals surface area contributed by atoms with Gasteiger partial charge in [0.1, 0.15) is 10.8 Å². The third kappa shape index (κ3) is 2.75. The Hall–Kier alpha value is -0.480. The van der Waals surface area contributed by atoms with Crippen molar-refractivity contribution in [3.63, 3.8) is 0 Å². The fourth-order valence-electron chi connectivity index (χ4n) is 1.31. The molecular formula is C10H19N3S. The summed E-state index contributed by atoms with van der Waals surface area (Å²) in [5.41, 5.74) is 5.97. The number of rotatable bonds is 5. The second kappa shape index (κ2) is 5.41. The summed E-state index contributed by atoms with van der Waals surface area (Å²) in [4.78, 5) is 4.50. The van der Waals surface area contributed by atoms with Gasteiger partial charge in [-0.2, -0.15) is 4.37 Å². The smallest absolute Gasteiger partial charge is 0.142 e. The fourth-order valence-corrected chi connectivity index (χ4v) is 2.13. The minimum absolute atomic E-state index is 0.206. The summed E-state index contributed by atoms with van der Waals surface area (Å²) in [5.74, 6) is 1.31. The van der Waals surface area contributed by atoms with Crippen LogP contribution in [0, 0.1) is 0 Å². The molecule has 0 amide bonds. The minimum atomic E-state index is 0.206. The first kappa shape index (κ1) is 11.6. The summed E-state index contributed by atoms with van der Waals surface area (Å²) in [6.07, 6.45) is 3.07. The van der Waals surface area contributed by atoms with Gasteiger partial charge in [0, 0.05) is 18.4 Å². The molecule has 0 saturated heterocycles. The highest BCUT2D eigenvalue weighted by atomic mass is 32.1. The Labute approximate surface area is 89.9 Å². The zero-order chi connectivity index (χ0) is 10.6. The first-order valence-corrected chi connectivity index (χ1v) is 6.04. The molecule has 2 unspecified atom stereocenters. The molecule has 0 saturated carbocycles. The van der Waals surface area contributed by atoms with Gasteiger partial charge in [-0.05, 0) is 24.4 Å². The predicted octanol–water partition coefficient (Wildman–Crippen LogP) is 2.33. The zero-order valence-corrected chi connectivity index (χ0v) is 9.97. The quantitative estimate of drug-likeness (QED) is 0.816. The highest BCUT2D eigenvalue weighted by molar-refractivity contribution is 7.05. The van der Waals surface area contributed by atoms with Crippen LogP contribution in [-0.4, -0.2) is 15.4 Å². The summed E-state index contributed by atoms with van der Waals surface area (Å²) in [7, 11) is 0. The van der Waals surface area contributed by atoms with E-state index in [0.717, 1.165) is 30.1 Å². The van der Waals surface area contributed by atoms with Gasteiger partial charge in [0.2, 0.25) is 0 Å². The Kier molecular flexibility index (Phi) is 4.48. The molecule has 0 fully saturated rings. The van der Waals surface area contributed by atoms with E-state index in [1.807, 2.05) is 0 Å². The lowest BCUT2D eigenvalue weighted by Crippen LogP contribution is -2.25. The molecule has 0 radical (unpaired) electrons. The molecule has 0 aliphatic carbocycles. The van der Waals surface area contributed by atoms with Crippen molar-refractivity contribution in [2.24, 2.45) is 5.73 Å². The van der Waals surface area contributed by atoms with E-state index in [4.69, 9.17) is 5.73 Å². The van der Waals surface area contributed by atoms with Crippen LogP contribution in [0.3, 0.4) is 0 Å². The molecule has 0 aliphatic heterocycles. The third-order valence-corrected chi connectivity index (χ3v) is 3.41. The summed E-state index contributed by atoms with van der Waals surface area (Å²) >= 11 is 1.50. The van der Waals surface area contributed by atoms with Crippen LogP contribution < -0.4 is 5.73 Å². The van der Waals surface area contributed by atoms with Crippen LogP contribution in [0.4, 0.5) is 0 Å². The van der Waals surface area contributed by atoms with Gasteiger partial charge < -0.3 is 5.73 Å². The van der Waals surface area contributed by atoms with E-state index in [1.165, 1.54) is 11.5 Å². The second-order valence-electron chi connectivity index (χ2n) is 3.66. The van der Waals surface area contributed by atoms with Crippen LogP contribution in [0.5, 0.6) is 0 Å². The Balaban J connectivity index is 2.65. The Morgan fingerprint density at radius 3 is 2.71 bits per heavy atom. The van der Waals surface area contributed by atoms with Crippen molar-refractivity contribution in [1.29, 1.82) is 0 Å². The second-order valence-corrected chi connectivity index (χ2v) is 4.44. The summed E-state index contributed by atoms with van der Waals surface area (Å²) < 4.78 is 4.32. The average molecular weight is 213 g/mol. The van der Waals surface area contributed by atoms with Gasteiger partial charge in [-0.25, -0.2) is 4.98 Å². The van der Waals surface area contributed by atoms with E-state index < -0.39 is 0 Å². The van der Waals surface area contributed by atoms with Crippen molar-refractivity contribution < 1.29 is 0 Å². The fraction of sp³-hybridized carbons (Fsp3) is 0.800. The van der Waals surface area contributed by atoms with Gasteiger partial charge in [0.05, 0.1) is 0 Å². The molecule has 0 bridgehead atoms. The molecule has 14 heavy (non-hydrogen) atoms. The van der Waals surface area contributed by atoms with Crippen LogP contribution in [0.25, 0.3) is 0 Å². The normalized spacial score (nSPS) is 15.4. The van der Waals surface area contributed by atoms with Crippen molar-refractivity contribution >= 4 is 11.5 Å². The number of aromatic nitrogens is 2. The van der Waals surface area contributed by atoms with E-state index in [0.29, 0.717) is 5.92 Å². The maximum Gasteiger partial charge on any atom is 0.142 e. The summed E-state index contributed by atoms with van der Waals surface area (Å²) in [6.45, 7) is 6.38. The molecule has 3 nitrogen and oxygen atoms in total. The Morgan fingerprint density at radius 1 is 1.43 bits per heavy atom. The van der Waals surface area contributed by atoms with Crippen molar-refractivity contribution in [1.82, 2.24) is 9.36 Å². The van der Waals surface area contributed by atoms with Crippen molar-refractivity contribution in [2.75, 3.05) is 0 Å².